The maximum Gasteiger partial charge on any atom is 0.296 e. The number of nitrogens with zero attached hydrogens (tertiary/aromatic N) is 3. The topological polar surface area (TPSA) is 124 Å². The van der Waals surface area contributed by atoms with Crippen molar-refractivity contribution in [2.24, 2.45) is 0 Å². The van der Waals surface area contributed by atoms with Crippen LogP contribution in [0.15, 0.2) is 86.8 Å². The van der Waals surface area contributed by atoms with Crippen LogP contribution in [-0.2, 0) is 10.5 Å². The Labute approximate surface area is 258 Å². The third-order valence-electron chi connectivity index (χ3n) is 6.98. The van der Waals surface area contributed by atoms with E-state index in [9.17, 15) is 19.1 Å². The van der Waals surface area contributed by atoms with Crippen molar-refractivity contribution < 1.29 is 37.7 Å². The van der Waals surface area contributed by atoms with Gasteiger partial charge in [-0.15, -0.1) is 10.2 Å². The van der Waals surface area contributed by atoms with Gasteiger partial charge in [0.1, 0.15) is 11.4 Å². The number of ether oxygens (including phenoxy) is 3. The van der Waals surface area contributed by atoms with Crippen molar-refractivity contribution >= 4 is 50.9 Å². The van der Waals surface area contributed by atoms with Crippen LogP contribution in [0.1, 0.15) is 27.7 Å². The fraction of sp³-hybridized carbons (Fsp3) is 0.161. The molecule has 0 radical (unpaired) electrons. The standard InChI is InChI=1S/C31H24FN3O7S2/c1-39-22-13-18(14-23(40-2)28(22)41-3)25-24(26(36)21-12-17-6-4-5-7-20(17)42-21)27(37)29(38)35(25)30-33-34-31(44-30)43-15-16-8-10-19(32)11-9-16/h4-14,25,37H,15H2,1-3H3/t25-/m1/s1. The molecule has 0 unspecified atom stereocenters. The van der Waals surface area contributed by atoms with Gasteiger partial charge in [0.25, 0.3) is 5.91 Å². The van der Waals surface area contributed by atoms with Crippen LogP contribution in [0, 0.1) is 5.82 Å². The first-order valence-corrected chi connectivity index (χ1v) is 14.9. The lowest BCUT2D eigenvalue weighted by Gasteiger charge is -2.25. The molecule has 0 bridgehead atoms. The summed E-state index contributed by atoms with van der Waals surface area (Å²) in [5.74, 6) is -1.28. The summed E-state index contributed by atoms with van der Waals surface area (Å²) in [5.41, 5.74) is 1.53. The molecule has 0 aliphatic carbocycles. The Morgan fingerprint density at radius 3 is 2.39 bits per heavy atom. The average molecular weight is 634 g/mol. The lowest BCUT2D eigenvalue weighted by molar-refractivity contribution is -0.117. The van der Waals surface area contributed by atoms with Crippen LogP contribution >= 0.6 is 23.1 Å². The predicted octanol–water partition coefficient (Wildman–Crippen LogP) is 6.52. The first-order chi connectivity index (χ1) is 21.3. The number of aliphatic hydroxyl groups is 1. The van der Waals surface area contributed by atoms with E-state index in [1.54, 1.807) is 48.5 Å². The van der Waals surface area contributed by atoms with E-state index in [0.717, 1.165) is 16.9 Å². The second-order valence-corrected chi connectivity index (χ2v) is 11.7. The zero-order chi connectivity index (χ0) is 31.0. The minimum absolute atomic E-state index is 0.0485. The Hall–Kier alpha value is -4.88. The Bertz CT molecular complexity index is 1860. The molecule has 1 aliphatic rings. The normalized spacial score (nSPS) is 14.9. The summed E-state index contributed by atoms with van der Waals surface area (Å²) in [5, 5.41) is 20.5. The SMILES string of the molecule is COc1cc([C@@H]2C(C(=O)c3cc4ccccc4o3)=C(O)C(=O)N2c2nnc(SCc3ccc(F)cc3)s2)cc(OC)c1OC. The van der Waals surface area contributed by atoms with Gasteiger partial charge in [0.05, 0.1) is 32.9 Å². The van der Waals surface area contributed by atoms with Crippen molar-refractivity contribution in [3.63, 3.8) is 0 Å². The minimum Gasteiger partial charge on any atom is -0.503 e. The second kappa shape index (κ2) is 12.0. The number of benzene rings is 3. The number of halogens is 1. The highest BCUT2D eigenvalue weighted by atomic mass is 32.2. The lowest BCUT2D eigenvalue weighted by atomic mass is 9.94. The van der Waals surface area contributed by atoms with Gasteiger partial charge >= 0.3 is 0 Å². The lowest BCUT2D eigenvalue weighted by Crippen LogP contribution is -2.31. The number of para-hydroxylation sites is 1. The van der Waals surface area contributed by atoms with Crippen LogP contribution in [0.4, 0.5) is 9.52 Å². The highest BCUT2D eigenvalue weighted by Crippen LogP contribution is 2.48. The number of hydrogen-bond acceptors (Lipinski definition) is 11. The maximum atomic E-state index is 14.0. The van der Waals surface area contributed by atoms with Gasteiger partial charge in [-0.25, -0.2) is 4.39 Å². The minimum atomic E-state index is -1.15. The Morgan fingerprint density at radius 2 is 1.73 bits per heavy atom. The summed E-state index contributed by atoms with van der Waals surface area (Å²) >= 11 is 2.46. The molecule has 1 amide bonds. The molecule has 0 spiro atoms. The fourth-order valence-electron chi connectivity index (χ4n) is 4.92. The van der Waals surface area contributed by atoms with E-state index in [2.05, 4.69) is 10.2 Å². The highest BCUT2D eigenvalue weighted by molar-refractivity contribution is 8.00. The van der Waals surface area contributed by atoms with Gasteiger partial charge in [-0.1, -0.05) is 53.4 Å². The highest BCUT2D eigenvalue weighted by Gasteiger charge is 2.47. The van der Waals surface area contributed by atoms with Crippen LogP contribution in [-0.4, -0.2) is 48.3 Å². The molecular weight excluding hydrogens is 609 g/mol. The number of furan rings is 1. The number of ketones is 1. The number of thioether (sulfide) groups is 1. The molecule has 2 aromatic heterocycles. The molecule has 1 N–H and O–H groups in total. The molecule has 0 saturated heterocycles. The van der Waals surface area contributed by atoms with Gasteiger partial charge in [0.2, 0.25) is 16.7 Å². The molecule has 1 atom stereocenters. The molecule has 0 fully saturated rings. The summed E-state index contributed by atoms with van der Waals surface area (Å²) < 4.78 is 36.2. The number of amides is 1. The molecule has 13 heteroatoms. The number of methoxy groups -OCH3 is 3. The molecule has 224 valence electrons. The van der Waals surface area contributed by atoms with Crippen LogP contribution in [0.3, 0.4) is 0 Å². The van der Waals surface area contributed by atoms with E-state index in [1.165, 1.54) is 50.1 Å². The summed E-state index contributed by atoms with van der Waals surface area (Å²) in [7, 11) is 4.35. The number of rotatable bonds is 10. The number of hydrogen-bond donors (Lipinski definition) is 1. The third kappa shape index (κ3) is 5.24. The monoisotopic (exact) mass is 633 g/mol. The van der Waals surface area contributed by atoms with Crippen molar-refractivity contribution in [3.05, 3.63) is 101 Å². The number of aromatic nitrogens is 2. The van der Waals surface area contributed by atoms with Gasteiger partial charge in [0, 0.05) is 11.1 Å². The fourth-order valence-corrected chi connectivity index (χ4v) is 6.74. The maximum absolute atomic E-state index is 14.0. The zero-order valence-electron chi connectivity index (χ0n) is 23.6. The summed E-state index contributed by atoms with van der Waals surface area (Å²) in [6, 6.07) is 16.8. The van der Waals surface area contributed by atoms with E-state index in [4.69, 9.17) is 18.6 Å². The van der Waals surface area contributed by atoms with E-state index in [0.29, 0.717) is 32.4 Å². The van der Waals surface area contributed by atoms with Gasteiger partial charge in [-0.2, -0.15) is 0 Å². The van der Waals surface area contributed by atoms with Crippen molar-refractivity contribution in [2.45, 2.75) is 16.1 Å². The Balaban J connectivity index is 1.43. The molecule has 5 aromatic rings. The van der Waals surface area contributed by atoms with Crippen molar-refractivity contribution in [1.82, 2.24) is 10.2 Å². The largest absolute Gasteiger partial charge is 0.503 e. The first kappa shape index (κ1) is 29.2. The quantitative estimate of drug-likeness (QED) is 0.103. The number of carbonyl (C=O) groups is 2. The van der Waals surface area contributed by atoms with Gasteiger partial charge in [0.15, 0.2) is 27.4 Å². The molecular formula is C31H24FN3O7S2. The van der Waals surface area contributed by atoms with E-state index in [1.807, 2.05) is 6.07 Å². The molecule has 1 aliphatic heterocycles. The van der Waals surface area contributed by atoms with E-state index in [-0.39, 0.29) is 33.8 Å². The number of fused-ring (bicyclic) bond motifs is 1. The Morgan fingerprint density at radius 1 is 1.02 bits per heavy atom. The first-order valence-electron chi connectivity index (χ1n) is 13.1. The molecule has 3 aromatic carbocycles. The summed E-state index contributed by atoms with van der Waals surface area (Å²) in [6.07, 6.45) is 0. The number of Topliss-reactive ketones (excluding diaryl/α,β-unsaturated/α-hetero) is 1. The number of aliphatic hydroxyl groups excluding tert-OH is 1. The predicted molar refractivity (Wildman–Crippen MR) is 162 cm³/mol. The van der Waals surface area contributed by atoms with Crippen LogP contribution in [0.25, 0.3) is 11.0 Å². The second-order valence-electron chi connectivity index (χ2n) is 9.54. The molecule has 3 heterocycles. The van der Waals surface area contributed by atoms with Gasteiger partial charge in [-0.05, 0) is 47.5 Å². The smallest absolute Gasteiger partial charge is 0.296 e. The van der Waals surface area contributed by atoms with Crippen LogP contribution < -0.4 is 19.1 Å². The summed E-state index contributed by atoms with van der Waals surface area (Å²) in [6.45, 7) is 0. The number of carbonyl (C=O) groups excluding carboxylic acids is 2. The van der Waals surface area contributed by atoms with Crippen molar-refractivity contribution in [2.75, 3.05) is 26.2 Å². The summed E-state index contributed by atoms with van der Waals surface area (Å²) in [4.78, 5) is 28.9. The molecule has 0 saturated carbocycles. The van der Waals surface area contributed by atoms with Crippen LogP contribution in [0.5, 0.6) is 17.2 Å². The van der Waals surface area contributed by atoms with E-state index >= 15 is 0 Å². The van der Waals surface area contributed by atoms with E-state index < -0.39 is 23.5 Å². The van der Waals surface area contributed by atoms with Gasteiger partial charge in [-0.3, -0.25) is 14.5 Å². The molecule has 44 heavy (non-hydrogen) atoms. The zero-order valence-corrected chi connectivity index (χ0v) is 25.2. The Kier molecular flexibility index (Phi) is 7.97. The molecule has 6 rings (SSSR count). The third-order valence-corrected chi connectivity index (χ3v) is 9.11. The van der Waals surface area contributed by atoms with Gasteiger partial charge < -0.3 is 23.7 Å². The van der Waals surface area contributed by atoms with Crippen molar-refractivity contribution in [3.8, 4) is 17.2 Å². The average Bonchev–Trinajstić information content (AvgIpc) is 3.76. The van der Waals surface area contributed by atoms with Crippen LogP contribution in [0.2, 0.25) is 0 Å². The van der Waals surface area contributed by atoms with Crippen molar-refractivity contribution in [1.29, 1.82) is 0 Å². The molecule has 10 nitrogen and oxygen atoms in total. The number of anilines is 1.